The van der Waals surface area contributed by atoms with Crippen molar-refractivity contribution < 1.29 is 42.5 Å². The molecular formula is C33H40FN5O8. The van der Waals surface area contributed by atoms with Gasteiger partial charge in [-0.2, -0.15) is 0 Å². The normalized spacial score (nSPS) is 17.9. The molecule has 252 valence electrons. The molecule has 4 heterocycles. The van der Waals surface area contributed by atoms with Gasteiger partial charge in [-0.1, -0.05) is 6.92 Å². The quantitative estimate of drug-likeness (QED) is 0.288. The fraction of sp³-hybridized carbons (Fsp3) is 0.485. The molecule has 0 radical (unpaired) electrons. The van der Waals surface area contributed by atoms with Gasteiger partial charge in [-0.25, -0.2) is 28.7 Å². The summed E-state index contributed by atoms with van der Waals surface area (Å²) in [5, 5.41) is 5.82. The largest absolute Gasteiger partial charge is 0.474 e. The fourth-order valence-corrected chi connectivity index (χ4v) is 5.24. The summed E-state index contributed by atoms with van der Waals surface area (Å²) in [4.78, 5) is 48.8. The molecule has 1 saturated heterocycles. The maximum Gasteiger partial charge on any atom is 0.415 e. The number of rotatable bonds is 4. The number of ether oxygens (including phenoxy) is 5. The van der Waals surface area contributed by atoms with E-state index < -0.39 is 41.4 Å². The molecule has 1 aromatic carbocycles. The van der Waals surface area contributed by atoms with E-state index in [2.05, 4.69) is 20.6 Å². The first-order valence-electron chi connectivity index (χ1n) is 15.3. The van der Waals surface area contributed by atoms with E-state index in [0.29, 0.717) is 35.4 Å². The Kier molecular flexibility index (Phi) is 9.18. The van der Waals surface area contributed by atoms with Gasteiger partial charge in [-0.3, -0.25) is 15.5 Å². The Bertz CT molecular complexity index is 1720. The molecule has 0 spiro atoms. The molecule has 2 N–H and O–H groups in total. The molecule has 0 bridgehead atoms. The van der Waals surface area contributed by atoms with E-state index in [1.165, 1.54) is 23.4 Å². The third-order valence-corrected chi connectivity index (χ3v) is 7.37. The minimum Gasteiger partial charge on any atom is -0.474 e. The lowest BCUT2D eigenvalue weighted by Crippen LogP contribution is -2.42. The molecule has 3 aromatic rings. The average Bonchev–Trinajstić information content (AvgIpc) is 3.36. The van der Waals surface area contributed by atoms with E-state index in [0.717, 1.165) is 0 Å². The predicted molar refractivity (Wildman–Crippen MR) is 172 cm³/mol. The van der Waals surface area contributed by atoms with Crippen LogP contribution in [-0.4, -0.2) is 71.9 Å². The Morgan fingerprint density at radius 1 is 0.957 bits per heavy atom. The highest BCUT2D eigenvalue weighted by molar-refractivity contribution is 6.05. The van der Waals surface area contributed by atoms with Gasteiger partial charge in [-0.15, -0.1) is 0 Å². The molecule has 14 heteroatoms. The van der Waals surface area contributed by atoms with Crippen LogP contribution in [0, 0.1) is 18.7 Å². The molecule has 2 aliphatic heterocycles. The van der Waals surface area contributed by atoms with Crippen LogP contribution in [-0.2, 0) is 18.9 Å². The number of halogens is 1. The standard InChI is InChI=1S/C33H40FN5O8/c1-17-15-43-16-23(17)45-29(40)37-24-12-19-11-20(25(34)26(22(19)14-35-24)38-30(41)46-32(3,4)5)21-13-36-28-27(18(21)2)39(9-10-44-28)31(42)47-33(6,7)8/h11-14,17,23H,9-10,15-16H2,1-8H3,(H,38,41)(H,35,37,40)/t17-,23+/m1/s1. The average molecular weight is 654 g/mol. The van der Waals surface area contributed by atoms with E-state index >= 15 is 4.39 Å². The van der Waals surface area contributed by atoms with Crippen molar-refractivity contribution in [3.8, 4) is 17.0 Å². The number of carbonyl (C=O) groups excluding carboxylic acids is 3. The highest BCUT2D eigenvalue weighted by Gasteiger charge is 2.33. The summed E-state index contributed by atoms with van der Waals surface area (Å²) in [5.41, 5.74) is -0.576. The molecule has 0 aliphatic carbocycles. The van der Waals surface area contributed by atoms with Crippen molar-refractivity contribution in [2.24, 2.45) is 5.92 Å². The molecule has 2 aromatic heterocycles. The molecule has 47 heavy (non-hydrogen) atoms. The van der Waals surface area contributed by atoms with E-state index in [1.54, 1.807) is 54.5 Å². The number of pyridine rings is 2. The SMILES string of the molecule is Cc1c(-c2cc3cc(NC(=O)O[C@H]4COC[C@H]4C)ncc3c(NC(=O)OC(C)(C)C)c2F)cnc2c1N(C(=O)OC(C)(C)C)CCO2. The summed E-state index contributed by atoms with van der Waals surface area (Å²) in [5.74, 6) is -0.402. The second-order valence-electron chi connectivity index (χ2n) is 13.5. The molecular weight excluding hydrogens is 613 g/mol. The van der Waals surface area contributed by atoms with E-state index in [-0.39, 0.29) is 47.4 Å². The number of anilines is 3. The van der Waals surface area contributed by atoms with Crippen molar-refractivity contribution in [3.63, 3.8) is 0 Å². The van der Waals surface area contributed by atoms with Crippen molar-refractivity contribution in [2.75, 3.05) is 41.9 Å². The fourth-order valence-electron chi connectivity index (χ4n) is 5.24. The molecule has 0 saturated carbocycles. The van der Waals surface area contributed by atoms with Gasteiger partial charge in [0.25, 0.3) is 0 Å². The zero-order chi connectivity index (χ0) is 34.3. The minimum absolute atomic E-state index is 0.0439. The first-order chi connectivity index (χ1) is 22.0. The molecule has 1 fully saturated rings. The molecule has 5 rings (SSSR count). The highest BCUT2D eigenvalue weighted by atomic mass is 19.1. The van der Waals surface area contributed by atoms with Crippen LogP contribution in [0.4, 0.5) is 36.0 Å². The minimum atomic E-state index is -0.877. The third kappa shape index (κ3) is 7.64. The highest BCUT2D eigenvalue weighted by Crippen LogP contribution is 2.42. The first-order valence-corrected chi connectivity index (χ1v) is 15.3. The van der Waals surface area contributed by atoms with Crippen LogP contribution in [0.3, 0.4) is 0 Å². The zero-order valence-corrected chi connectivity index (χ0v) is 27.8. The summed E-state index contributed by atoms with van der Waals surface area (Å²) in [6.45, 7) is 15.2. The lowest BCUT2D eigenvalue weighted by Gasteiger charge is -2.32. The molecule has 2 atom stereocenters. The van der Waals surface area contributed by atoms with Gasteiger partial charge in [-0.05, 0) is 71.5 Å². The Morgan fingerprint density at radius 3 is 2.34 bits per heavy atom. The predicted octanol–water partition coefficient (Wildman–Crippen LogP) is 6.81. The summed E-state index contributed by atoms with van der Waals surface area (Å²) in [7, 11) is 0. The van der Waals surface area contributed by atoms with Crippen LogP contribution in [0.5, 0.6) is 5.88 Å². The Hall–Kier alpha value is -4.72. The Morgan fingerprint density at radius 2 is 1.68 bits per heavy atom. The summed E-state index contributed by atoms with van der Waals surface area (Å²) in [6, 6.07) is 3.08. The second-order valence-corrected chi connectivity index (χ2v) is 13.5. The molecule has 0 unspecified atom stereocenters. The summed E-state index contributed by atoms with van der Waals surface area (Å²) >= 11 is 0. The number of nitrogens with zero attached hydrogens (tertiary/aromatic N) is 3. The van der Waals surface area contributed by atoms with Gasteiger partial charge in [0.2, 0.25) is 5.88 Å². The van der Waals surface area contributed by atoms with Gasteiger partial charge < -0.3 is 23.7 Å². The van der Waals surface area contributed by atoms with Crippen molar-refractivity contribution in [1.82, 2.24) is 9.97 Å². The van der Waals surface area contributed by atoms with Gasteiger partial charge in [0.1, 0.15) is 35.4 Å². The lowest BCUT2D eigenvalue weighted by molar-refractivity contribution is 0.0564. The zero-order valence-electron chi connectivity index (χ0n) is 27.8. The number of aromatic nitrogens is 2. The van der Waals surface area contributed by atoms with E-state index in [9.17, 15) is 14.4 Å². The van der Waals surface area contributed by atoms with Crippen LogP contribution < -0.4 is 20.3 Å². The Balaban J connectivity index is 1.59. The maximum atomic E-state index is 16.6. The van der Waals surface area contributed by atoms with Crippen LogP contribution >= 0.6 is 0 Å². The number of fused-ring (bicyclic) bond motifs is 2. The molecule has 3 amide bonds. The number of amides is 3. The van der Waals surface area contributed by atoms with Crippen LogP contribution in [0.25, 0.3) is 21.9 Å². The number of nitrogens with one attached hydrogen (secondary N) is 2. The second kappa shape index (κ2) is 12.8. The van der Waals surface area contributed by atoms with Gasteiger partial charge in [0.05, 0.1) is 25.4 Å². The number of benzene rings is 1. The van der Waals surface area contributed by atoms with Gasteiger partial charge in [0, 0.05) is 34.8 Å². The summed E-state index contributed by atoms with van der Waals surface area (Å²) in [6.07, 6.45) is 0.189. The van der Waals surface area contributed by atoms with E-state index in [1.807, 2.05) is 6.92 Å². The van der Waals surface area contributed by atoms with Crippen LogP contribution in [0.2, 0.25) is 0 Å². The first kappa shape index (κ1) is 33.6. The third-order valence-electron chi connectivity index (χ3n) is 7.37. The van der Waals surface area contributed by atoms with Crippen LogP contribution in [0.15, 0.2) is 24.5 Å². The number of hydrogen-bond donors (Lipinski definition) is 2. The molecule has 13 nitrogen and oxygen atoms in total. The van der Waals surface area contributed by atoms with Crippen molar-refractivity contribution in [2.45, 2.75) is 72.7 Å². The number of hydrogen-bond acceptors (Lipinski definition) is 10. The lowest BCUT2D eigenvalue weighted by atomic mass is 9.96. The van der Waals surface area contributed by atoms with Gasteiger partial charge in [0.15, 0.2) is 5.82 Å². The smallest absolute Gasteiger partial charge is 0.415 e. The summed E-state index contributed by atoms with van der Waals surface area (Å²) < 4.78 is 44.2. The van der Waals surface area contributed by atoms with Crippen molar-refractivity contribution in [3.05, 3.63) is 35.9 Å². The topological polar surface area (TPSA) is 150 Å². The molecule has 2 aliphatic rings. The number of carbonyl (C=O) groups is 3. The monoisotopic (exact) mass is 653 g/mol. The van der Waals surface area contributed by atoms with Crippen LogP contribution in [0.1, 0.15) is 54.0 Å². The maximum absolute atomic E-state index is 16.6. The van der Waals surface area contributed by atoms with Gasteiger partial charge >= 0.3 is 18.3 Å². The van der Waals surface area contributed by atoms with Crippen molar-refractivity contribution in [1.29, 1.82) is 0 Å². The van der Waals surface area contributed by atoms with Crippen molar-refractivity contribution >= 4 is 46.2 Å². The Labute approximate surface area is 272 Å². The van der Waals surface area contributed by atoms with E-state index in [4.69, 9.17) is 23.7 Å².